The van der Waals surface area contributed by atoms with Crippen LogP contribution in [-0.2, 0) is 10.0 Å². The molecule has 5 nitrogen and oxygen atoms in total. The van der Waals surface area contributed by atoms with Crippen molar-refractivity contribution in [2.75, 3.05) is 4.72 Å². The van der Waals surface area contributed by atoms with Gasteiger partial charge in [-0.2, -0.15) is 0 Å². The van der Waals surface area contributed by atoms with E-state index in [1.54, 1.807) is 32.0 Å². The third-order valence-electron chi connectivity index (χ3n) is 5.31. The summed E-state index contributed by atoms with van der Waals surface area (Å²) in [6.07, 6.45) is 4.28. The van der Waals surface area contributed by atoms with Gasteiger partial charge in [0.15, 0.2) is 0 Å². The zero-order valence-corrected chi connectivity index (χ0v) is 17.7. The van der Waals surface area contributed by atoms with E-state index in [2.05, 4.69) is 10.0 Å². The molecule has 0 unspecified atom stereocenters. The van der Waals surface area contributed by atoms with Gasteiger partial charge in [-0.3, -0.25) is 9.52 Å². The molecule has 1 fully saturated rings. The normalized spacial score (nSPS) is 14.9. The van der Waals surface area contributed by atoms with Crippen LogP contribution >= 0.6 is 0 Å². The van der Waals surface area contributed by atoms with E-state index in [9.17, 15) is 13.2 Å². The molecule has 0 bridgehead atoms. The summed E-state index contributed by atoms with van der Waals surface area (Å²) in [7, 11) is -3.76. The highest BCUT2D eigenvalue weighted by atomic mass is 32.2. The minimum Gasteiger partial charge on any atom is -0.349 e. The van der Waals surface area contributed by atoms with Gasteiger partial charge in [0.2, 0.25) is 0 Å². The van der Waals surface area contributed by atoms with E-state index in [0.717, 1.165) is 36.8 Å². The number of nitrogens with one attached hydrogen (secondary N) is 2. The molecular weight excluding hydrogens is 372 g/mol. The number of anilines is 1. The van der Waals surface area contributed by atoms with Gasteiger partial charge in [0.05, 0.1) is 10.6 Å². The molecule has 1 aliphatic carbocycles. The number of aryl methyl sites for hydroxylation is 4. The number of benzene rings is 2. The van der Waals surface area contributed by atoms with E-state index in [4.69, 9.17) is 0 Å². The smallest absolute Gasteiger partial charge is 0.262 e. The Hall–Kier alpha value is -2.34. The average molecular weight is 401 g/mol. The Kier molecular flexibility index (Phi) is 5.79. The molecule has 2 N–H and O–H groups in total. The molecule has 0 atom stereocenters. The van der Waals surface area contributed by atoms with Crippen molar-refractivity contribution in [1.29, 1.82) is 0 Å². The summed E-state index contributed by atoms with van der Waals surface area (Å²) in [6.45, 7) is 7.37. The fourth-order valence-corrected chi connectivity index (χ4v) is 5.58. The summed E-state index contributed by atoms with van der Waals surface area (Å²) >= 11 is 0. The average Bonchev–Trinajstić information content (AvgIpc) is 3.08. The number of hydrogen-bond acceptors (Lipinski definition) is 3. The molecule has 0 radical (unpaired) electrons. The third-order valence-corrected chi connectivity index (χ3v) is 6.98. The van der Waals surface area contributed by atoms with E-state index in [-0.39, 0.29) is 11.9 Å². The Morgan fingerprint density at radius 3 is 2.14 bits per heavy atom. The molecule has 1 aliphatic rings. The lowest BCUT2D eigenvalue weighted by Gasteiger charge is -2.17. The van der Waals surface area contributed by atoms with Crippen molar-refractivity contribution in [3.8, 4) is 0 Å². The van der Waals surface area contributed by atoms with Gasteiger partial charge in [0, 0.05) is 11.6 Å². The van der Waals surface area contributed by atoms with Gasteiger partial charge in [0.1, 0.15) is 0 Å². The van der Waals surface area contributed by atoms with E-state index >= 15 is 0 Å². The second-order valence-corrected chi connectivity index (χ2v) is 9.44. The van der Waals surface area contributed by atoms with Gasteiger partial charge in [0.25, 0.3) is 15.9 Å². The number of carbonyl (C=O) groups excluding carboxylic acids is 1. The molecule has 0 saturated heterocycles. The third kappa shape index (κ3) is 4.38. The maximum absolute atomic E-state index is 13.1. The van der Waals surface area contributed by atoms with Gasteiger partial charge in [-0.1, -0.05) is 36.6 Å². The lowest BCUT2D eigenvalue weighted by Crippen LogP contribution is -2.32. The van der Waals surface area contributed by atoms with Crippen molar-refractivity contribution in [3.63, 3.8) is 0 Å². The fraction of sp³-hybridized carbons (Fsp3) is 0.409. The van der Waals surface area contributed by atoms with Crippen molar-refractivity contribution in [3.05, 3.63) is 58.1 Å². The number of amides is 1. The van der Waals surface area contributed by atoms with Crippen LogP contribution in [0.1, 0.15) is 58.3 Å². The Labute approximate surface area is 167 Å². The van der Waals surface area contributed by atoms with Crippen LogP contribution in [0.3, 0.4) is 0 Å². The van der Waals surface area contributed by atoms with Crippen molar-refractivity contribution in [1.82, 2.24) is 5.32 Å². The molecule has 0 spiro atoms. The van der Waals surface area contributed by atoms with Gasteiger partial charge in [-0.25, -0.2) is 8.42 Å². The van der Waals surface area contributed by atoms with E-state index < -0.39 is 10.0 Å². The molecule has 0 aliphatic heterocycles. The molecule has 150 valence electrons. The van der Waals surface area contributed by atoms with Gasteiger partial charge < -0.3 is 5.32 Å². The van der Waals surface area contributed by atoms with Gasteiger partial charge >= 0.3 is 0 Å². The maximum atomic E-state index is 13.1. The highest BCUT2D eigenvalue weighted by Crippen LogP contribution is 2.26. The van der Waals surface area contributed by atoms with E-state index in [1.807, 2.05) is 26.0 Å². The first-order valence-electron chi connectivity index (χ1n) is 9.69. The Balaban J connectivity index is 1.88. The number of rotatable bonds is 5. The molecule has 6 heteroatoms. The minimum atomic E-state index is -3.76. The molecule has 1 amide bonds. The number of hydrogen-bond donors (Lipinski definition) is 2. The first-order valence-corrected chi connectivity index (χ1v) is 11.2. The SMILES string of the molecule is Cc1cc(C)c(S(=O)(=O)Nc2cc(C(=O)NC3CCCC3)ccc2C)c(C)c1. The largest absolute Gasteiger partial charge is 0.349 e. The second kappa shape index (κ2) is 7.95. The van der Waals surface area contributed by atoms with Crippen LogP contribution in [0, 0.1) is 27.7 Å². The topological polar surface area (TPSA) is 75.3 Å². The first-order chi connectivity index (χ1) is 13.2. The van der Waals surface area contributed by atoms with Crippen LogP contribution in [0.25, 0.3) is 0 Å². The monoisotopic (exact) mass is 400 g/mol. The molecule has 0 aromatic heterocycles. The van der Waals surface area contributed by atoms with Crippen LogP contribution in [0.5, 0.6) is 0 Å². The molecule has 28 heavy (non-hydrogen) atoms. The molecule has 0 heterocycles. The lowest BCUT2D eigenvalue weighted by molar-refractivity contribution is 0.0938. The maximum Gasteiger partial charge on any atom is 0.262 e. The number of carbonyl (C=O) groups is 1. The summed E-state index contributed by atoms with van der Waals surface area (Å²) in [6, 6.07) is 9.07. The summed E-state index contributed by atoms with van der Waals surface area (Å²) in [4.78, 5) is 12.8. The highest BCUT2D eigenvalue weighted by molar-refractivity contribution is 7.92. The number of sulfonamides is 1. The van der Waals surface area contributed by atoms with Crippen molar-refractivity contribution in [2.45, 2.75) is 64.3 Å². The van der Waals surface area contributed by atoms with E-state index in [0.29, 0.717) is 27.3 Å². The predicted octanol–water partition coefficient (Wildman–Crippen LogP) is 4.39. The zero-order valence-electron chi connectivity index (χ0n) is 16.9. The van der Waals surface area contributed by atoms with Gasteiger partial charge in [-0.15, -0.1) is 0 Å². The van der Waals surface area contributed by atoms with Crippen LogP contribution in [0.2, 0.25) is 0 Å². The second-order valence-electron chi connectivity index (χ2n) is 7.82. The summed E-state index contributed by atoms with van der Waals surface area (Å²) in [5.41, 5.74) is 4.10. The molecule has 1 saturated carbocycles. The van der Waals surface area contributed by atoms with Crippen molar-refractivity contribution in [2.24, 2.45) is 0 Å². The molecule has 2 aromatic carbocycles. The molecule has 3 rings (SSSR count). The van der Waals surface area contributed by atoms with Crippen LogP contribution in [0.15, 0.2) is 35.2 Å². The van der Waals surface area contributed by atoms with E-state index in [1.165, 1.54) is 0 Å². The van der Waals surface area contributed by atoms with Gasteiger partial charge in [-0.05, 0) is 69.4 Å². The molecule has 2 aromatic rings. The Morgan fingerprint density at radius 2 is 1.54 bits per heavy atom. The Morgan fingerprint density at radius 1 is 0.929 bits per heavy atom. The predicted molar refractivity (Wildman–Crippen MR) is 112 cm³/mol. The zero-order chi connectivity index (χ0) is 20.5. The van der Waals surface area contributed by atoms with Crippen molar-refractivity contribution >= 4 is 21.6 Å². The summed E-state index contributed by atoms with van der Waals surface area (Å²) in [5, 5.41) is 3.04. The quantitative estimate of drug-likeness (QED) is 0.781. The van der Waals surface area contributed by atoms with Crippen LogP contribution < -0.4 is 10.0 Å². The summed E-state index contributed by atoms with van der Waals surface area (Å²) in [5.74, 6) is -0.157. The van der Waals surface area contributed by atoms with Crippen LogP contribution in [0.4, 0.5) is 5.69 Å². The Bertz CT molecular complexity index is 983. The fourth-order valence-electron chi connectivity index (χ4n) is 4.00. The lowest BCUT2D eigenvalue weighted by atomic mass is 10.1. The van der Waals surface area contributed by atoms with Crippen molar-refractivity contribution < 1.29 is 13.2 Å². The highest BCUT2D eigenvalue weighted by Gasteiger charge is 2.22. The minimum absolute atomic E-state index is 0.157. The molecular formula is C22H28N2O3S. The first kappa shape index (κ1) is 20.4. The standard InChI is InChI=1S/C22H28N2O3S/c1-14-11-16(3)21(17(4)12-14)28(26,27)24-20-13-18(10-9-15(20)2)22(25)23-19-7-5-6-8-19/h9-13,19,24H,5-8H2,1-4H3,(H,23,25). The summed E-state index contributed by atoms with van der Waals surface area (Å²) < 4.78 is 28.8. The van der Waals surface area contributed by atoms with Crippen LogP contribution in [-0.4, -0.2) is 20.4 Å².